The largest absolute Gasteiger partial charge is 0.463 e. The number of aliphatic hydroxyl groups is 1. The summed E-state index contributed by atoms with van der Waals surface area (Å²) in [6.07, 6.45) is 12.9. The van der Waals surface area contributed by atoms with Crippen LogP contribution >= 0.6 is 0 Å². The van der Waals surface area contributed by atoms with Gasteiger partial charge in [-0.3, -0.25) is 14.4 Å². The molecule has 2 fully saturated rings. The highest BCUT2D eigenvalue weighted by Gasteiger charge is 2.37. The third-order valence-corrected chi connectivity index (χ3v) is 6.73. The van der Waals surface area contributed by atoms with Gasteiger partial charge in [0.25, 0.3) is 0 Å². The van der Waals surface area contributed by atoms with Crippen molar-refractivity contribution in [2.75, 3.05) is 19.8 Å². The van der Waals surface area contributed by atoms with Crippen LogP contribution in [0.5, 0.6) is 0 Å². The van der Waals surface area contributed by atoms with E-state index in [2.05, 4.69) is 5.32 Å². The summed E-state index contributed by atoms with van der Waals surface area (Å²) in [4.78, 5) is 39.9. The number of fused-ring (bicyclic) bond motifs is 1. The molecule has 2 N–H and O–H groups in total. The maximum Gasteiger partial charge on any atom is 0.305 e. The van der Waals surface area contributed by atoms with Crippen LogP contribution in [0.25, 0.3) is 0 Å². The number of cyclic esters (lactones) is 1. The highest BCUT2D eigenvalue weighted by atomic mass is 16.5. The van der Waals surface area contributed by atoms with Crippen LogP contribution < -0.4 is 5.32 Å². The highest BCUT2D eigenvalue weighted by Crippen LogP contribution is 2.30. The van der Waals surface area contributed by atoms with E-state index in [1.54, 1.807) is 0 Å². The van der Waals surface area contributed by atoms with E-state index in [1.807, 2.05) is 17.1 Å². The molecule has 1 saturated carbocycles. The van der Waals surface area contributed by atoms with E-state index in [-0.39, 0.29) is 43.5 Å². The average molecular weight is 421 g/mol. The minimum absolute atomic E-state index is 0.0325. The molecule has 2 heterocycles. The molecule has 2 atom stereocenters. The van der Waals surface area contributed by atoms with E-state index < -0.39 is 11.5 Å². The molecule has 1 saturated heterocycles. The Morgan fingerprint density at radius 3 is 2.73 bits per heavy atom. The smallest absolute Gasteiger partial charge is 0.305 e. The summed E-state index contributed by atoms with van der Waals surface area (Å²) in [5.41, 5.74) is -0.526. The molecule has 0 radical (unpaired) electrons. The van der Waals surface area contributed by atoms with Crippen molar-refractivity contribution in [2.24, 2.45) is 5.92 Å². The molecule has 168 valence electrons. The third-order valence-electron chi connectivity index (χ3n) is 6.73. The van der Waals surface area contributed by atoms with Crippen LogP contribution in [-0.4, -0.2) is 59.1 Å². The van der Waals surface area contributed by atoms with E-state index in [0.717, 1.165) is 57.8 Å². The van der Waals surface area contributed by atoms with Crippen LogP contribution in [0, 0.1) is 5.92 Å². The Labute approximate surface area is 179 Å². The van der Waals surface area contributed by atoms with Gasteiger partial charge in [0, 0.05) is 19.4 Å². The van der Waals surface area contributed by atoms with Crippen LogP contribution in [0.3, 0.4) is 0 Å². The topological polar surface area (TPSA) is 95.9 Å². The fraction of sp³-hybridized carbons (Fsp3) is 0.783. The van der Waals surface area contributed by atoms with Crippen LogP contribution in [0.1, 0.15) is 77.0 Å². The molecule has 30 heavy (non-hydrogen) atoms. The predicted molar refractivity (Wildman–Crippen MR) is 112 cm³/mol. The molecular weight excluding hydrogens is 384 g/mol. The molecule has 3 rings (SSSR count). The van der Waals surface area contributed by atoms with Crippen molar-refractivity contribution in [2.45, 2.75) is 88.6 Å². The monoisotopic (exact) mass is 420 g/mol. The van der Waals surface area contributed by atoms with Crippen LogP contribution in [-0.2, 0) is 19.1 Å². The highest BCUT2D eigenvalue weighted by molar-refractivity contribution is 5.86. The normalized spacial score (nSPS) is 28.0. The quantitative estimate of drug-likeness (QED) is 0.538. The molecule has 0 aromatic carbocycles. The molecule has 1 aliphatic carbocycles. The fourth-order valence-corrected chi connectivity index (χ4v) is 4.92. The number of hydrogen-bond donors (Lipinski definition) is 2. The average Bonchev–Trinajstić information content (AvgIpc) is 3.39. The van der Waals surface area contributed by atoms with E-state index in [0.29, 0.717) is 19.4 Å². The second-order valence-electron chi connectivity index (χ2n) is 9.06. The van der Waals surface area contributed by atoms with Crippen molar-refractivity contribution in [3.63, 3.8) is 0 Å². The van der Waals surface area contributed by atoms with Gasteiger partial charge in [0.1, 0.15) is 6.61 Å². The molecule has 0 aromatic heterocycles. The fourth-order valence-electron chi connectivity index (χ4n) is 4.92. The number of carbonyl (C=O) groups excluding carboxylic acids is 3. The minimum Gasteiger partial charge on any atom is -0.463 e. The SMILES string of the molecule is O=C(C[C@H]1CC=CCCCCC(=O)OC[C@@H]2CCCN2C1=O)NC1(CO)CCCC1. The summed E-state index contributed by atoms with van der Waals surface area (Å²) in [5, 5.41) is 12.8. The lowest BCUT2D eigenvalue weighted by atomic mass is 9.95. The standard InChI is InChI=1S/C23H36N2O5/c26-17-23(12-6-7-13-23)24-20(27)15-18-9-4-2-1-3-5-11-21(28)30-16-19-10-8-14-25(19)22(18)29/h2,4,18-19,26H,1,3,5-17H2,(H,24,27)/t18-,19+/m1/s1. The predicted octanol–water partition coefficient (Wildman–Crippen LogP) is 2.47. The van der Waals surface area contributed by atoms with Gasteiger partial charge in [-0.1, -0.05) is 25.0 Å². The molecule has 3 aliphatic rings. The maximum absolute atomic E-state index is 13.3. The molecular formula is C23H36N2O5. The summed E-state index contributed by atoms with van der Waals surface area (Å²) >= 11 is 0. The number of nitrogens with one attached hydrogen (secondary N) is 1. The van der Waals surface area contributed by atoms with Crippen molar-refractivity contribution in [1.29, 1.82) is 0 Å². The zero-order valence-electron chi connectivity index (χ0n) is 17.9. The molecule has 0 spiro atoms. The number of rotatable bonds is 4. The lowest BCUT2D eigenvalue weighted by molar-refractivity contribution is -0.148. The molecule has 2 aliphatic heterocycles. The number of aliphatic hydroxyl groups excluding tert-OH is 1. The first-order valence-electron chi connectivity index (χ1n) is 11.6. The first-order chi connectivity index (χ1) is 14.5. The summed E-state index contributed by atoms with van der Waals surface area (Å²) in [6, 6.07) is -0.0995. The Hall–Kier alpha value is -1.89. The Morgan fingerprint density at radius 2 is 1.97 bits per heavy atom. The second kappa shape index (κ2) is 10.9. The minimum atomic E-state index is -0.526. The lowest BCUT2D eigenvalue weighted by Crippen LogP contribution is -2.50. The van der Waals surface area contributed by atoms with Gasteiger partial charge in [-0.25, -0.2) is 0 Å². The lowest BCUT2D eigenvalue weighted by Gasteiger charge is -2.31. The van der Waals surface area contributed by atoms with Crippen LogP contribution in [0.15, 0.2) is 12.2 Å². The molecule has 7 heteroatoms. The Bertz CT molecular complexity index is 642. The number of allylic oxidation sites excluding steroid dienone is 2. The number of carbonyl (C=O) groups is 3. The van der Waals surface area contributed by atoms with Gasteiger partial charge < -0.3 is 20.1 Å². The van der Waals surface area contributed by atoms with Crippen molar-refractivity contribution in [1.82, 2.24) is 10.2 Å². The molecule has 0 bridgehead atoms. The molecule has 7 nitrogen and oxygen atoms in total. The van der Waals surface area contributed by atoms with E-state index in [1.165, 1.54) is 0 Å². The summed E-state index contributed by atoms with van der Waals surface area (Å²) in [5.74, 6) is -0.828. The van der Waals surface area contributed by atoms with E-state index >= 15 is 0 Å². The molecule has 0 aromatic rings. The Kier molecular flexibility index (Phi) is 8.31. The third kappa shape index (κ3) is 6.06. The second-order valence-corrected chi connectivity index (χ2v) is 9.06. The van der Waals surface area contributed by atoms with Crippen LogP contribution in [0.4, 0.5) is 0 Å². The van der Waals surface area contributed by atoms with E-state index in [4.69, 9.17) is 4.74 Å². The maximum atomic E-state index is 13.3. The molecule has 2 amide bonds. The first-order valence-corrected chi connectivity index (χ1v) is 11.6. The molecule has 0 unspecified atom stereocenters. The zero-order valence-corrected chi connectivity index (χ0v) is 17.9. The number of ether oxygens (including phenoxy) is 1. The zero-order chi connectivity index (χ0) is 21.4. The van der Waals surface area contributed by atoms with Crippen molar-refractivity contribution in [3.8, 4) is 0 Å². The summed E-state index contributed by atoms with van der Waals surface area (Å²) in [7, 11) is 0. The van der Waals surface area contributed by atoms with Gasteiger partial charge in [0.2, 0.25) is 11.8 Å². The number of hydrogen-bond acceptors (Lipinski definition) is 5. The number of esters is 1. The van der Waals surface area contributed by atoms with Crippen LogP contribution in [0.2, 0.25) is 0 Å². The van der Waals surface area contributed by atoms with Gasteiger partial charge in [0.15, 0.2) is 0 Å². The van der Waals surface area contributed by atoms with Gasteiger partial charge >= 0.3 is 5.97 Å². The van der Waals surface area contributed by atoms with Gasteiger partial charge in [-0.05, 0) is 51.4 Å². The van der Waals surface area contributed by atoms with Crippen molar-refractivity contribution in [3.05, 3.63) is 12.2 Å². The number of nitrogens with zero attached hydrogens (tertiary/aromatic N) is 1. The van der Waals surface area contributed by atoms with E-state index in [9.17, 15) is 19.5 Å². The Balaban J connectivity index is 1.69. The van der Waals surface area contributed by atoms with Gasteiger partial charge in [-0.15, -0.1) is 0 Å². The Morgan fingerprint density at radius 1 is 1.17 bits per heavy atom. The summed E-state index contributed by atoms with van der Waals surface area (Å²) in [6.45, 7) is 0.827. The first kappa shape index (κ1) is 22.8. The van der Waals surface area contributed by atoms with Gasteiger partial charge in [-0.2, -0.15) is 0 Å². The van der Waals surface area contributed by atoms with Crippen molar-refractivity contribution < 1.29 is 24.2 Å². The summed E-state index contributed by atoms with van der Waals surface area (Å²) < 4.78 is 5.42. The number of amides is 2. The van der Waals surface area contributed by atoms with Gasteiger partial charge in [0.05, 0.1) is 24.1 Å². The van der Waals surface area contributed by atoms with Crippen molar-refractivity contribution >= 4 is 17.8 Å².